The summed E-state index contributed by atoms with van der Waals surface area (Å²) in [6, 6.07) is 12.0. The molecular weight excluding hydrogens is 330 g/mol. The number of hydrogen-bond donors (Lipinski definition) is 0. The summed E-state index contributed by atoms with van der Waals surface area (Å²) in [5.74, 6) is 0. The highest BCUT2D eigenvalue weighted by Gasteiger charge is 2.31. The second kappa shape index (κ2) is 7.13. The highest BCUT2D eigenvalue weighted by Crippen LogP contribution is 2.25. The van der Waals surface area contributed by atoms with E-state index in [9.17, 15) is 8.42 Å². The third kappa shape index (κ3) is 4.01. The molecule has 1 aromatic carbocycles. The number of nitrogens with zero attached hydrogens (tertiary/aromatic N) is 1. The molecule has 0 radical (unpaired) electrons. The molecule has 0 bridgehead atoms. The molecule has 1 aromatic heterocycles. The minimum atomic E-state index is -3.39. The molecule has 1 atom stereocenters. The smallest absolute Gasteiger partial charge is 0.252 e. The minimum Gasteiger partial charge on any atom is -0.375 e. The molecule has 0 unspecified atom stereocenters. The first kappa shape index (κ1) is 16.6. The van der Waals surface area contributed by atoms with Crippen LogP contribution in [0.5, 0.6) is 0 Å². The number of aryl methyl sites for hydroxylation is 2. The maximum absolute atomic E-state index is 12.7. The van der Waals surface area contributed by atoms with Gasteiger partial charge in [-0.25, -0.2) is 8.42 Å². The lowest BCUT2D eigenvalue weighted by molar-refractivity contribution is -0.00521. The predicted octanol–water partition coefficient (Wildman–Crippen LogP) is 3.08. The number of hydrogen-bond acceptors (Lipinski definition) is 4. The first-order chi connectivity index (χ1) is 11.1. The van der Waals surface area contributed by atoms with Crippen LogP contribution in [0.15, 0.2) is 46.0 Å². The van der Waals surface area contributed by atoms with Crippen molar-refractivity contribution in [2.24, 2.45) is 0 Å². The molecule has 0 amide bonds. The van der Waals surface area contributed by atoms with E-state index in [0.29, 0.717) is 23.9 Å². The Labute approximate surface area is 141 Å². The summed E-state index contributed by atoms with van der Waals surface area (Å²) in [5, 5.41) is 1.88. The largest absolute Gasteiger partial charge is 0.375 e. The summed E-state index contributed by atoms with van der Waals surface area (Å²) in [5.41, 5.74) is 2.24. The van der Waals surface area contributed by atoms with Crippen molar-refractivity contribution in [1.29, 1.82) is 0 Å². The van der Waals surface area contributed by atoms with Gasteiger partial charge in [0, 0.05) is 13.1 Å². The van der Waals surface area contributed by atoms with Crippen LogP contribution in [0.1, 0.15) is 17.5 Å². The Kier molecular flexibility index (Phi) is 5.16. The fraction of sp³-hybridized carbons (Fsp3) is 0.412. The minimum absolute atomic E-state index is 0.0419. The fourth-order valence-electron chi connectivity index (χ4n) is 2.73. The highest BCUT2D eigenvalue weighted by molar-refractivity contribution is 7.91. The van der Waals surface area contributed by atoms with Crippen LogP contribution in [-0.2, 0) is 21.2 Å². The van der Waals surface area contributed by atoms with Crippen LogP contribution in [0.3, 0.4) is 0 Å². The molecule has 1 aliphatic rings. The monoisotopic (exact) mass is 351 g/mol. The highest BCUT2D eigenvalue weighted by atomic mass is 32.2. The lowest BCUT2D eigenvalue weighted by Crippen LogP contribution is -2.45. The van der Waals surface area contributed by atoms with Gasteiger partial charge in [-0.1, -0.05) is 30.3 Å². The zero-order valence-electron chi connectivity index (χ0n) is 13.1. The van der Waals surface area contributed by atoms with E-state index >= 15 is 0 Å². The van der Waals surface area contributed by atoms with Gasteiger partial charge in [-0.05, 0) is 42.3 Å². The Balaban J connectivity index is 1.64. The molecular formula is C17H21NO3S2. The Hall–Kier alpha value is -1.21. The van der Waals surface area contributed by atoms with Crippen molar-refractivity contribution in [3.63, 3.8) is 0 Å². The van der Waals surface area contributed by atoms with Gasteiger partial charge in [0.15, 0.2) is 0 Å². The Morgan fingerprint density at radius 3 is 2.78 bits per heavy atom. The van der Waals surface area contributed by atoms with Crippen molar-refractivity contribution in [2.75, 3.05) is 19.7 Å². The van der Waals surface area contributed by atoms with Crippen molar-refractivity contribution in [2.45, 2.75) is 30.1 Å². The van der Waals surface area contributed by atoms with Gasteiger partial charge in [0.25, 0.3) is 10.0 Å². The first-order valence-electron chi connectivity index (χ1n) is 7.76. The van der Waals surface area contributed by atoms with Crippen molar-refractivity contribution >= 4 is 21.4 Å². The summed E-state index contributed by atoms with van der Waals surface area (Å²) < 4.78 is 33.2. The van der Waals surface area contributed by atoms with Crippen LogP contribution >= 0.6 is 11.3 Å². The summed E-state index contributed by atoms with van der Waals surface area (Å²) in [6.07, 6.45) is 1.69. The Morgan fingerprint density at radius 1 is 1.30 bits per heavy atom. The van der Waals surface area contributed by atoms with E-state index in [2.05, 4.69) is 12.1 Å². The number of benzene rings is 1. The molecule has 1 aliphatic heterocycles. The third-order valence-corrected chi connectivity index (χ3v) is 7.40. The van der Waals surface area contributed by atoms with Gasteiger partial charge in [-0.3, -0.25) is 0 Å². The maximum Gasteiger partial charge on any atom is 0.252 e. The average Bonchev–Trinajstić information content (AvgIpc) is 3.01. The van der Waals surface area contributed by atoms with Gasteiger partial charge in [-0.2, -0.15) is 4.31 Å². The topological polar surface area (TPSA) is 46.6 Å². The molecule has 0 spiro atoms. The zero-order valence-corrected chi connectivity index (χ0v) is 14.8. The molecule has 2 heterocycles. The van der Waals surface area contributed by atoms with Crippen molar-refractivity contribution in [1.82, 2.24) is 4.31 Å². The third-order valence-electron chi connectivity index (χ3n) is 4.00. The van der Waals surface area contributed by atoms with Crippen molar-refractivity contribution in [3.8, 4) is 0 Å². The number of ether oxygens (including phenoxy) is 1. The summed E-state index contributed by atoms with van der Waals surface area (Å²) in [7, 11) is -3.39. The van der Waals surface area contributed by atoms with E-state index < -0.39 is 10.0 Å². The quantitative estimate of drug-likeness (QED) is 0.832. The van der Waals surface area contributed by atoms with E-state index in [4.69, 9.17) is 4.74 Å². The normalized spacial score (nSPS) is 19.8. The molecule has 1 saturated heterocycles. The van der Waals surface area contributed by atoms with Crippen molar-refractivity contribution < 1.29 is 13.2 Å². The molecule has 0 N–H and O–H groups in total. The van der Waals surface area contributed by atoms with Crippen LogP contribution in [0, 0.1) is 6.92 Å². The van der Waals surface area contributed by atoms with E-state index in [-0.39, 0.29) is 6.10 Å². The molecule has 3 rings (SSSR count). The van der Waals surface area contributed by atoms with E-state index in [0.717, 1.165) is 18.4 Å². The second-order valence-electron chi connectivity index (χ2n) is 5.82. The van der Waals surface area contributed by atoms with Crippen LogP contribution in [-0.4, -0.2) is 38.5 Å². The average molecular weight is 351 g/mol. The molecule has 0 saturated carbocycles. The van der Waals surface area contributed by atoms with Gasteiger partial charge in [0.2, 0.25) is 0 Å². The van der Waals surface area contributed by atoms with Gasteiger partial charge >= 0.3 is 0 Å². The molecule has 2 aromatic rings. The fourth-order valence-corrected chi connectivity index (χ4v) is 5.56. The number of sulfonamides is 1. The van der Waals surface area contributed by atoms with E-state index in [1.807, 2.05) is 30.5 Å². The number of thiophene rings is 1. The predicted molar refractivity (Wildman–Crippen MR) is 92.3 cm³/mol. The standard InChI is InChI=1S/C17H21NO3S2/c1-14-11-17(22-13-14)23(19,20)18-9-10-21-16(12-18)8-7-15-5-3-2-4-6-15/h2-6,11,13,16H,7-10,12H2,1H3/t16-/m1/s1. The van der Waals surface area contributed by atoms with Gasteiger partial charge in [-0.15, -0.1) is 11.3 Å². The molecule has 124 valence electrons. The summed E-state index contributed by atoms with van der Waals surface area (Å²) in [4.78, 5) is 0. The zero-order chi connectivity index (χ0) is 16.3. The maximum atomic E-state index is 12.7. The summed E-state index contributed by atoms with van der Waals surface area (Å²) in [6.45, 7) is 3.24. The van der Waals surface area contributed by atoms with Crippen LogP contribution in [0.4, 0.5) is 0 Å². The van der Waals surface area contributed by atoms with Crippen LogP contribution < -0.4 is 0 Å². The lowest BCUT2D eigenvalue weighted by atomic mass is 10.1. The molecule has 1 fully saturated rings. The van der Waals surface area contributed by atoms with Crippen LogP contribution in [0.25, 0.3) is 0 Å². The molecule has 0 aliphatic carbocycles. The van der Waals surface area contributed by atoms with E-state index in [1.54, 1.807) is 10.4 Å². The molecule has 4 nitrogen and oxygen atoms in total. The lowest BCUT2D eigenvalue weighted by Gasteiger charge is -2.31. The molecule has 6 heteroatoms. The van der Waals surface area contributed by atoms with Gasteiger partial charge in [0.05, 0.1) is 12.7 Å². The van der Waals surface area contributed by atoms with E-state index in [1.165, 1.54) is 16.9 Å². The number of morpholine rings is 1. The number of rotatable bonds is 5. The first-order valence-corrected chi connectivity index (χ1v) is 10.1. The van der Waals surface area contributed by atoms with Crippen LogP contribution in [0.2, 0.25) is 0 Å². The summed E-state index contributed by atoms with van der Waals surface area (Å²) >= 11 is 1.29. The SMILES string of the molecule is Cc1csc(S(=O)(=O)N2CCO[C@H](CCc3ccccc3)C2)c1. The molecule has 23 heavy (non-hydrogen) atoms. The Bertz CT molecular complexity index is 740. The second-order valence-corrected chi connectivity index (χ2v) is 8.90. The van der Waals surface area contributed by atoms with Crippen molar-refractivity contribution in [3.05, 3.63) is 52.9 Å². The van der Waals surface area contributed by atoms with Gasteiger partial charge in [0.1, 0.15) is 4.21 Å². The Morgan fingerprint density at radius 2 is 2.09 bits per heavy atom. The van der Waals surface area contributed by atoms with Gasteiger partial charge < -0.3 is 4.74 Å².